The molecule has 2 aromatic rings. The van der Waals surface area contributed by atoms with E-state index in [0.717, 1.165) is 0 Å². The number of rotatable bonds is 5. The average Bonchev–Trinajstić information content (AvgIpc) is 3.15. The van der Waals surface area contributed by atoms with Gasteiger partial charge in [-0.05, 0) is 47.6 Å². The van der Waals surface area contributed by atoms with Gasteiger partial charge in [-0.1, -0.05) is 11.6 Å². The molecule has 1 saturated carbocycles. The molecule has 2 aromatic heterocycles. The molecule has 0 aromatic carbocycles. The van der Waals surface area contributed by atoms with Gasteiger partial charge in [0.25, 0.3) is 5.56 Å². The van der Waals surface area contributed by atoms with Gasteiger partial charge in [-0.2, -0.15) is 16.4 Å². The molecule has 1 aliphatic carbocycles. The predicted molar refractivity (Wildman–Crippen MR) is 82.6 cm³/mol. The lowest BCUT2D eigenvalue weighted by Gasteiger charge is -2.10. The Labute approximate surface area is 126 Å². The fourth-order valence-corrected chi connectivity index (χ4v) is 3.10. The fourth-order valence-electron chi connectivity index (χ4n) is 2.06. The molecule has 0 saturated heterocycles. The van der Waals surface area contributed by atoms with Crippen LogP contribution < -0.4 is 10.9 Å². The molecule has 20 heavy (non-hydrogen) atoms. The molecular weight excluding hydrogens is 294 g/mol. The Morgan fingerprint density at radius 2 is 2.30 bits per heavy atom. The number of hydrogen-bond acceptors (Lipinski definition) is 4. The molecule has 6 heteroatoms. The smallest absolute Gasteiger partial charge is 0.291 e. The van der Waals surface area contributed by atoms with E-state index < -0.39 is 0 Å². The van der Waals surface area contributed by atoms with Crippen LogP contribution in [0.1, 0.15) is 24.0 Å². The molecule has 4 nitrogen and oxygen atoms in total. The van der Waals surface area contributed by atoms with E-state index in [1.165, 1.54) is 28.7 Å². The van der Waals surface area contributed by atoms with Crippen molar-refractivity contribution in [3.63, 3.8) is 0 Å². The van der Waals surface area contributed by atoms with E-state index in [-0.39, 0.29) is 5.56 Å². The van der Waals surface area contributed by atoms with Gasteiger partial charge in [0.2, 0.25) is 0 Å². The Hall–Kier alpha value is -1.33. The number of hydrogen-bond donors (Lipinski definition) is 1. The van der Waals surface area contributed by atoms with Gasteiger partial charge in [0.05, 0.1) is 11.2 Å². The Morgan fingerprint density at radius 1 is 1.50 bits per heavy atom. The molecule has 2 heterocycles. The van der Waals surface area contributed by atoms with Crippen molar-refractivity contribution in [1.82, 2.24) is 9.78 Å². The van der Waals surface area contributed by atoms with Crippen molar-refractivity contribution in [3.05, 3.63) is 43.5 Å². The van der Waals surface area contributed by atoms with Crippen molar-refractivity contribution in [1.29, 1.82) is 0 Å². The van der Waals surface area contributed by atoms with Crippen LogP contribution in [-0.2, 0) is 13.1 Å². The van der Waals surface area contributed by atoms with Gasteiger partial charge in [0.15, 0.2) is 0 Å². The first kappa shape index (κ1) is 13.6. The number of nitrogens with zero attached hydrogens (tertiary/aromatic N) is 2. The lowest BCUT2D eigenvalue weighted by atomic mass is 10.2. The van der Waals surface area contributed by atoms with Crippen LogP contribution in [0.2, 0.25) is 5.02 Å². The summed E-state index contributed by atoms with van der Waals surface area (Å²) >= 11 is 7.76. The third kappa shape index (κ3) is 2.88. The Balaban J connectivity index is 1.80. The maximum atomic E-state index is 12.4. The minimum atomic E-state index is -0.128. The molecule has 1 fully saturated rings. The predicted octanol–water partition coefficient (Wildman–Crippen LogP) is 3.29. The highest BCUT2D eigenvalue weighted by molar-refractivity contribution is 7.08. The fraction of sp³-hybridized carbons (Fsp3) is 0.429. The monoisotopic (exact) mass is 309 g/mol. The van der Waals surface area contributed by atoms with Gasteiger partial charge in [0, 0.05) is 13.1 Å². The highest BCUT2D eigenvalue weighted by Gasteiger charge is 2.23. The number of aryl methyl sites for hydroxylation is 1. The van der Waals surface area contributed by atoms with Crippen LogP contribution in [-0.4, -0.2) is 9.78 Å². The van der Waals surface area contributed by atoms with Crippen LogP contribution in [0, 0.1) is 12.8 Å². The van der Waals surface area contributed by atoms with Gasteiger partial charge in [-0.25, -0.2) is 4.68 Å². The molecule has 1 N–H and O–H groups in total. The Morgan fingerprint density at radius 3 is 2.95 bits per heavy atom. The number of anilines is 1. The lowest BCUT2D eigenvalue weighted by molar-refractivity contribution is 0.534. The van der Waals surface area contributed by atoms with Crippen LogP contribution in [0.4, 0.5) is 5.69 Å². The molecule has 106 valence electrons. The third-order valence-electron chi connectivity index (χ3n) is 3.54. The summed E-state index contributed by atoms with van der Waals surface area (Å²) in [7, 11) is 0. The first-order valence-electron chi connectivity index (χ1n) is 6.66. The summed E-state index contributed by atoms with van der Waals surface area (Å²) < 4.78 is 1.52. The largest absolute Gasteiger partial charge is 0.375 e. The van der Waals surface area contributed by atoms with E-state index in [9.17, 15) is 4.79 Å². The van der Waals surface area contributed by atoms with E-state index in [2.05, 4.69) is 28.1 Å². The zero-order chi connectivity index (χ0) is 14.1. The van der Waals surface area contributed by atoms with Crippen LogP contribution >= 0.6 is 22.9 Å². The lowest BCUT2D eigenvalue weighted by Crippen LogP contribution is -2.26. The van der Waals surface area contributed by atoms with Crippen molar-refractivity contribution in [2.24, 2.45) is 5.92 Å². The van der Waals surface area contributed by atoms with E-state index in [1.807, 2.05) is 0 Å². The quantitative estimate of drug-likeness (QED) is 0.922. The second-order valence-corrected chi connectivity index (χ2v) is 6.38. The topological polar surface area (TPSA) is 46.9 Å². The third-order valence-corrected chi connectivity index (χ3v) is 4.74. The normalized spacial score (nSPS) is 14.5. The van der Waals surface area contributed by atoms with E-state index >= 15 is 0 Å². The first-order valence-corrected chi connectivity index (χ1v) is 7.98. The van der Waals surface area contributed by atoms with Gasteiger partial charge in [-0.15, -0.1) is 0 Å². The highest BCUT2D eigenvalue weighted by Crippen LogP contribution is 2.30. The molecule has 3 rings (SSSR count). The van der Waals surface area contributed by atoms with Gasteiger partial charge >= 0.3 is 0 Å². The zero-order valence-electron chi connectivity index (χ0n) is 11.2. The number of nitrogens with one attached hydrogen (secondary N) is 1. The Bertz CT molecular complexity index is 675. The van der Waals surface area contributed by atoms with Crippen LogP contribution in [0.5, 0.6) is 0 Å². The summed E-state index contributed by atoms with van der Waals surface area (Å²) in [5.74, 6) is 0.605. The minimum Gasteiger partial charge on any atom is -0.375 e. The zero-order valence-corrected chi connectivity index (χ0v) is 12.8. The molecule has 0 radical (unpaired) electrons. The van der Waals surface area contributed by atoms with Crippen molar-refractivity contribution in [2.75, 3.05) is 5.32 Å². The second-order valence-electron chi connectivity index (χ2n) is 5.23. The highest BCUT2D eigenvalue weighted by atomic mass is 35.5. The number of aromatic nitrogens is 2. The maximum absolute atomic E-state index is 12.4. The van der Waals surface area contributed by atoms with E-state index in [4.69, 9.17) is 11.6 Å². The summed E-state index contributed by atoms with van der Waals surface area (Å²) in [4.78, 5) is 12.4. The number of thiophene rings is 1. The molecule has 0 atom stereocenters. The Kier molecular flexibility index (Phi) is 3.81. The molecule has 0 unspecified atom stereocenters. The standard InChI is InChI=1S/C14H16ClN3OS/c1-9-7-20-8-11(9)4-16-13-12(15)5-17-18(14(13)19)6-10-2-3-10/h5,7-8,10,16H,2-4,6H2,1H3. The van der Waals surface area contributed by atoms with Gasteiger partial charge in [-0.3, -0.25) is 4.79 Å². The molecule has 0 amide bonds. The summed E-state index contributed by atoms with van der Waals surface area (Å²) in [6.45, 7) is 3.37. The van der Waals surface area contributed by atoms with Crippen molar-refractivity contribution >= 4 is 28.6 Å². The van der Waals surface area contributed by atoms with Crippen LogP contribution in [0.25, 0.3) is 0 Å². The molecule has 1 aliphatic rings. The summed E-state index contributed by atoms with van der Waals surface area (Å²) in [6, 6.07) is 0. The molecule has 0 aliphatic heterocycles. The minimum absolute atomic E-state index is 0.128. The van der Waals surface area contributed by atoms with Crippen molar-refractivity contribution in [3.8, 4) is 0 Å². The average molecular weight is 310 g/mol. The van der Waals surface area contributed by atoms with Crippen LogP contribution in [0.3, 0.4) is 0 Å². The second kappa shape index (κ2) is 5.58. The summed E-state index contributed by atoms with van der Waals surface area (Å²) in [5.41, 5.74) is 2.74. The first-order chi connectivity index (χ1) is 9.65. The SMILES string of the molecule is Cc1cscc1CNc1c(Cl)cnn(CC2CC2)c1=O. The van der Waals surface area contributed by atoms with Gasteiger partial charge in [0.1, 0.15) is 5.69 Å². The summed E-state index contributed by atoms with van der Waals surface area (Å²) in [6.07, 6.45) is 3.93. The van der Waals surface area contributed by atoms with Crippen LogP contribution in [0.15, 0.2) is 21.8 Å². The molecule has 0 spiro atoms. The van der Waals surface area contributed by atoms with Gasteiger partial charge < -0.3 is 5.32 Å². The maximum Gasteiger partial charge on any atom is 0.291 e. The van der Waals surface area contributed by atoms with Crippen molar-refractivity contribution < 1.29 is 0 Å². The van der Waals surface area contributed by atoms with Crippen molar-refractivity contribution in [2.45, 2.75) is 32.9 Å². The molecule has 0 bridgehead atoms. The van der Waals surface area contributed by atoms with E-state index in [1.54, 1.807) is 17.5 Å². The molecular formula is C14H16ClN3OS. The van der Waals surface area contributed by atoms with E-state index in [0.29, 0.717) is 29.7 Å². The summed E-state index contributed by atoms with van der Waals surface area (Å²) in [5, 5.41) is 11.8. The number of halogens is 1.